The maximum Gasteiger partial charge on any atom is 0.305 e. The van der Waals surface area contributed by atoms with Gasteiger partial charge in [0.1, 0.15) is 36.1 Å². The van der Waals surface area contributed by atoms with Crippen LogP contribution >= 0.6 is 0 Å². The molecular weight excluding hydrogens is 865 g/mol. The molecule has 68 heavy (non-hydrogen) atoms. The van der Waals surface area contributed by atoms with Gasteiger partial charge in [-0.1, -0.05) is 31.2 Å². The molecule has 8 heterocycles. The second-order valence-electron chi connectivity index (χ2n) is 16.8. The number of aromatic nitrogens is 6. The molecule has 2 aliphatic heterocycles. The predicted molar refractivity (Wildman–Crippen MR) is 260 cm³/mol. The number of pyridine rings is 6. The first-order valence-electron chi connectivity index (χ1n) is 22.9. The lowest BCUT2D eigenvalue weighted by molar-refractivity contribution is -0.137. The van der Waals surface area contributed by atoms with Crippen molar-refractivity contribution >= 4 is 40.8 Å². The highest BCUT2D eigenvalue weighted by Gasteiger charge is 2.21. The molecule has 0 saturated heterocycles. The monoisotopic (exact) mass is 922 g/mol. The Bertz CT molecular complexity index is 2840. The van der Waals surface area contributed by atoms with Crippen LogP contribution in [-0.2, 0) is 53.4 Å². The molecule has 2 aliphatic rings. The molecule has 0 radical (unpaired) electrons. The number of hydrogen-bond donors (Lipinski definition) is 7. The van der Waals surface area contributed by atoms with Gasteiger partial charge in [0.2, 0.25) is 11.8 Å². The molecule has 8 rings (SSSR count). The topological polar surface area (TPSA) is 239 Å². The van der Waals surface area contributed by atoms with Crippen LogP contribution in [0.5, 0.6) is 0 Å². The molecule has 354 valence electrons. The molecule has 2 amide bonds. The quantitative estimate of drug-likeness (QED) is 0.0604. The number of nitrogens with one attached hydrogen (secondary N) is 6. The molecule has 18 heteroatoms. The molecule has 6 aromatic heterocycles. The van der Waals surface area contributed by atoms with Crippen molar-refractivity contribution in [2.45, 2.75) is 97.6 Å². The van der Waals surface area contributed by atoms with Crippen LogP contribution in [0.25, 0.3) is 0 Å². The van der Waals surface area contributed by atoms with Crippen molar-refractivity contribution in [3.8, 4) is 0 Å². The number of anilines is 4. The van der Waals surface area contributed by atoms with Crippen LogP contribution in [0.3, 0.4) is 0 Å². The van der Waals surface area contributed by atoms with Crippen molar-refractivity contribution in [3.05, 3.63) is 163 Å². The number of fused-ring (bicyclic) bond motifs is 2. The van der Waals surface area contributed by atoms with E-state index >= 15 is 0 Å². The van der Waals surface area contributed by atoms with E-state index in [1.165, 1.54) is 26.5 Å². The second-order valence-corrected chi connectivity index (χ2v) is 16.8. The average Bonchev–Trinajstić information content (AvgIpc) is 3.35. The second kappa shape index (κ2) is 23.0. The van der Waals surface area contributed by atoms with Gasteiger partial charge in [0, 0.05) is 49.3 Å². The van der Waals surface area contributed by atoms with Crippen molar-refractivity contribution in [1.82, 2.24) is 39.7 Å². The Hall–Kier alpha value is -7.89. The Morgan fingerprint density at radius 3 is 1.57 bits per heavy atom. The predicted octanol–water partition coefficient (Wildman–Crippen LogP) is 5.43. The largest absolute Gasteiger partial charge is 0.481 e. The van der Waals surface area contributed by atoms with Crippen molar-refractivity contribution < 1.29 is 19.5 Å². The number of aryl methyl sites for hydroxylation is 4. The average molecular weight is 923 g/mol. The van der Waals surface area contributed by atoms with Gasteiger partial charge in [-0.15, -0.1) is 0 Å². The Morgan fingerprint density at radius 2 is 1.13 bits per heavy atom. The van der Waals surface area contributed by atoms with Gasteiger partial charge in [0.05, 0.1) is 43.0 Å². The van der Waals surface area contributed by atoms with E-state index < -0.39 is 17.9 Å². The summed E-state index contributed by atoms with van der Waals surface area (Å²) in [6.07, 6.45) is 11.2. The van der Waals surface area contributed by atoms with Gasteiger partial charge >= 0.3 is 5.97 Å². The van der Waals surface area contributed by atoms with Crippen molar-refractivity contribution in [1.29, 1.82) is 0 Å². The molecule has 0 bridgehead atoms. The van der Waals surface area contributed by atoms with Crippen LogP contribution in [0, 0.1) is 13.8 Å². The SMILES string of the molecule is CC[C@H](NC(=O)Cn1c(C)ccc(NCc2ccc3c(n2)NCCC3)c1=O)c1cccnc1.Cc1ccc(NCc2ccc3c(n2)NCCC3)c(=O)n1CC(=O)N[C@@H](CC(=O)O)c1cccnc1. The lowest BCUT2D eigenvalue weighted by Gasteiger charge is -2.19. The van der Waals surface area contributed by atoms with Crippen LogP contribution in [-0.4, -0.2) is 65.0 Å². The Labute approximate surface area is 394 Å². The third-order valence-electron chi connectivity index (χ3n) is 11.8. The first-order chi connectivity index (χ1) is 32.9. The van der Waals surface area contributed by atoms with Gasteiger partial charge < -0.3 is 46.1 Å². The smallest absolute Gasteiger partial charge is 0.305 e. The molecule has 7 N–H and O–H groups in total. The molecule has 2 atom stereocenters. The lowest BCUT2D eigenvalue weighted by atomic mass is 10.1. The van der Waals surface area contributed by atoms with Gasteiger partial charge in [0.15, 0.2) is 0 Å². The fraction of sp³-hybridized carbons (Fsp3) is 0.340. The first-order valence-corrected chi connectivity index (χ1v) is 22.9. The van der Waals surface area contributed by atoms with Crippen LogP contribution in [0.1, 0.15) is 89.7 Å². The number of aliphatic carboxylic acids is 1. The van der Waals surface area contributed by atoms with E-state index in [9.17, 15) is 29.1 Å². The molecule has 18 nitrogen and oxygen atoms in total. The highest BCUT2D eigenvalue weighted by molar-refractivity contribution is 5.78. The summed E-state index contributed by atoms with van der Waals surface area (Å²) in [7, 11) is 0. The molecule has 6 aromatic rings. The van der Waals surface area contributed by atoms with Crippen LogP contribution in [0.15, 0.2) is 107 Å². The zero-order valence-electron chi connectivity index (χ0n) is 38.5. The van der Waals surface area contributed by atoms with Crippen molar-refractivity contribution in [2.24, 2.45) is 0 Å². The molecule has 0 aromatic carbocycles. The fourth-order valence-corrected chi connectivity index (χ4v) is 8.09. The molecule has 0 spiro atoms. The highest BCUT2D eigenvalue weighted by atomic mass is 16.4. The molecule has 0 saturated carbocycles. The third-order valence-corrected chi connectivity index (χ3v) is 11.8. The van der Waals surface area contributed by atoms with Gasteiger partial charge in [-0.05, 0) is 117 Å². The molecule has 0 unspecified atom stereocenters. The lowest BCUT2D eigenvalue weighted by Crippen LogP contribution is -2.36. The van der Waals surface area contributed by atoms with Crippen molar-refractivity contribution in [3.63, 3.8) is 0 Å². The summed E-state index contributed by atoms with van der Waals surface area (Å²) >= 11 is 0. The van der Waals surface area contributed by atoms with E-state index in [-0.39, 0.29) is 42.6 Å². The van der Waals surface area contributed by atoms with Crippen LogP contribution in [0.2, 0.25) is 0 Å². The van der Waals surface area contributed by atoms with Crippen molar-refractivity contribution in [2.75, 3.05) is 34.4 Å². The van der Waals surface area contributed by atoms with E-state index in [1.54, 1.807) is 55.8 Å². The van der Waals surface area contributed by atoms with Gasteiger partial charge in [-0.25, -0.2) is 9.97 Å². The number of amides is 2. The standard InChI is InChI=1S/C25H28N6O4.C25H30N6O2/c1-16-6-9-20(28-14-19-8-7-17-4-3-11-27-24(17)29-19)25(35)31(16)15-22(32)30-21(12-23(33)34)18-5-2-10-26-13-18;1-3-21(19-7-4-12-26-14-19)30-23(32)16-31-17(2)8-11-22(25(31)33)28-15-20-10-9-18-6-5-13-27-24(18)29-20/h2,5-10,13,21,28H,3-4,11-12,14-15H2,1H3,(H,27,29)(H,30,32)(H,33,34);4,7-12,14,21,28H,3,5-6,13,15-16H2,1-2H3,(H,27,29)(H,30,32)/t2*21-/m00/s1. The number of carbonyl (C=O) groups excluding carboxylic acids is 2. The summed E-state index contributed by atoms with van der Waals surface area (Å²) in [5.41, 5.74) is 7.17. The summed E-state index contributed by atoms with van der Waals surface area (Å²) in [4.78, 5) is 80.4. The number of carboxylic acids is 1. The van der Waals surface area contributed by atoms with E-state index in [2.05, 4.69) is 64.0 Å². The minimum absolute atomic E-state index is 0.0437. The maximum absolute atomic E-state index is 13.1. The number of hydrogen-bond acceptors (Lipinski definition) is 13. The summed E-state index contributed by atoms with van der Waals surface area (Å²) in [6.45, 7) is 7.91. The van der Waals surface area contributed by atoms with E-state index in [0.29, 0.717) is 35.7 Å². The Morgan fingerprint density at radius 1 is 0.662 bits per heavy atom. The molecular formula is C50H58N12O6. The van der Waals surface area contributed by atoms with E-state index in [0.717, 1.165) is 79.5 Å². The fourth-order valence-electron chi connectivity index (χ4n) is 8.09. The third kappa shape index (κ3) is 12.7. The number of rotatable bonds is 17. The molecule has 0 aliphatic carbocycles. The first kappa shape index (κ1) is 48.1. The summed E-state index contributed by atoms with van der Waals surface area (Å²) < 4.78 is 2.86. The zero-order valence-corrected chi connectivity index (χ0v) is 38.5. The van der Waals surface area contributed by atoms with E-state index in [1.807, 2.05) is 44.2 Å². The van der Waals surface area contributed by atoms with Gasteiger partial charge in [0.25, 0.3) is 11.1 Å². The van der Waals surface area contributed by atoms with Gasteiger partial charge in [-0.2, -0.15) is 0 Å². The summed E-state index contributed by atoms with van der Waals surface area (Å²) in [5.74, 6) is 0.0840. The number of nitrogens with zero attached hydrogens (tertiary/aromatic N) is 6. The highest BCUT2D eigenvalue weighted by Crippen LogP contribution is 2.22. The summed E-state index contributed by atoms with van der Waals surface area (Å²) in [5, 5.41) is 27.9. The van der Waals surface area contributed by atoms with Crippen LogP contribution in [0.4, 0.5) is 23.0 Å². The molecule has 0 fully saturated rings. The number of carboxylic acid groups (broad SMARTS) is 1. The number of carbonyl (C=O) groups is 3. The Kier molecular flexibility index (Phi) is 16.3. The van der Waals surface area contributed by atoms with Crippen LogP contribution < -0.4 is 43.0 Å². The minimum atomic E-state index is -1.05. The van der Waals surface area contributed by atoms with Gasteiger partial charge in [-0.3, -0.25) is 33.9 Å². The zero-order chi connectivity index (χ0) is 48.0. The van der Waals surface area contributed by atoms with E-state index in [4.69, 9.17) is 0 Å². The summed E-state index contributed by atoms with van der Waals surface area (Å²) in [6, 6.07) is 21.4. The normalized spacial score (nSPS) is 13.4. The minimum Gasteiger partial charge on any atom is -0.481 e. The Balaban J connectivity index is 0.000000202. The maximum atomic E-state index is 13.1.